The molecule has 4 nitrogen and oxygen atoms in total. The third-order valence-corrected chi connectivity index (χ3v) is 5.08. The van der Waals surface area contributed by atoms with E-state index in [1.165, 1.54) is 6.07 Å². The molecule has 3 heterocycles. The molecular weight excluding hydrogens is 622 g/mol. The van der Waals surface area contributed by atoms with Crippen molar-refractivity contribution in [3.8, 4) is 22.6 Å². The van der Waals surface area contributed by atoms with Crippen molar-refractivity contribution < 1.29 is 43.0 Å². The SMILES string of the molecule is CC(C)(c1cccc(-c2cc(C(F)(F)F)n[n-]2)n1)c1cccc(-c2ccc(F)cc2F)n1.[Pt]. The van der Waals surface area contributed by atoms with E-state index in [4.69, 9.17) is 0 Å². The van der Waals surface area contributed by atoms with Gasteiger partial charge in [0, 0.05) is 43.8 Å². The molecule has 0 spiro atoms. The first-order valence-electron chi connectivity index (χ1n) is 9.54. The van der Waals surface area contributed by atoms with Gasteiger partial charge in [-0.05, 0) is 56.3 Å². The van der Waals surface area contributed by atoms with Crippen LogP contribution in [0.1, 0.15) is 30.9 Å². The van der Waals surface area contributed by atoms with Gasteiger partial charge >= 0.3 is 6.18 Å². The molecular formula is C23H16F5N4Pt-. The first kappa shape index (κ1) is 24.7. The van der Waals surface area contributed by atoms with Crippen LogP contribution in [0.15, 0.2) is 60.7 Å². The van der Waals surface area contributed by atoms with E-state index < -0.39 is 28.9 Å². The van der Waals surface area contributed by atoms with E-state index in [9.17, 15) is 22.0 Å². The molecule has 4 aromatic rings. The van der Waals surface area contributed by atoms with E-state index in [1.807, 2.05) is 13.8 Å². The maximum absolute atomic E-state index is 14.2. The summed E-state index contributed by atoms with van der Waals surface area (Å²) in [6.07, 6.45) is -4.60. The van der Waals surface area contributed by atoms with E-state index in [-0.39, 0.29) is 38.0 Å². The Kier molecular flexibility index (Phi) is 6.84. The summed E-state index contributed by atoms with van der Waals surface area (Å²) in [4.78, 5) is 9.03. The Morgan fingerprint density at radius 2 is 1.36 bits per heavy atom. The smallest absolute Gasteiger partial charge is 0.431 e. The second-order valence-corrected chi connectivity index (χ2v) is 7.68. The Labute approximate surface area is 200 Å². The van der Waals surface area contributed by atoms with E-state index in [2.05, 4.69) is 20.2 Å². The van der Waals surface area contributed by atoms with Gasteiger partial charge in [-0.15, -0.1) is 0 Å². The predicted octanol–water partition coefficient (Wildman–Crippen LogP) is 5.78. The topological polar surface area (TPSA) is 52.8 Å². The van der Waals surface area contributed by atoms with Gasteiger partial charge in [-0.1, -0.05) is 17.8 Å². The largest absolute Gasteiger partial charge is 0.573 e. The summed E-state index contributed by atoms with van der Waals surface area (Å²) in [7, 11) is 0. The van der Waals surface area contributed by atoms with E-state index in [0.717, 1.165) is 18.2 Å². The molecule has 33 heavy (non-hydrogen) atoms. The maximum atomic E-state index is 14.2. The minimum Gasteiger partial charge on any atom is -0.573 e. The monoisotopic (exact) mass is 638 g/mol. The van der Waals surface area contributed by atoms with E-state index in [1.54, 1.807) is 36.4 Å². The number of hydrogen-bond acceptors (Lipinski definition) is 3. The van der Waals surface area contributed by atoms with Gasteiger partial charge in [-0.2, -0.15) is 13.2 Å². The number of alkyl halides is 3. The second-order valence-electron chi connectivity index (χ2n) is 7.68. The van der Waals surface area contributed by atoms with Gasteiger partial charge in [0.1, 0.15) is 17.3 Å². The van der Waals surface area contributed by atoms with Gasteiger partial charge in [0.05, 0.1) is 17.1 Å². The molecule has 3 aromatic heterocycles. The summed E-state index contributed by atoms with van der Waals surface area (Å²) in [5, 5.41) is 6.78. The van der Waals surface area contributed by atoms with Crippen LogP contribution in [0.3, 0.4) is 0 Å². The summed E-state index contributed by atoms with van der Waals surface area (Å²) < 4.78 is 66.1. The normalized spacial score (nSPS) is 11.8. The summed E-state index contributed by atoms with van der Waals surface area (Å²) in [6.45, 7) is 3.67. The number of halogens is 5. The first-order valence-corrected chi connectivity index (χ1v) is 9.54. The molecule has 0 unspecified atom stereocenters. The zero-order chi connectivity index (χ0) is 23.1. The van der Waals surface area contributed by atoms with Crippen LogP contribution < -0.4 is 5.10 Å². The predicted molar refractivity (Wildman–Crippen MR) is 108 cm³/mol. The van der Waals surface area contributed by atoms with Crippen molar-refractivity contribution in [2.24, 2.45) is 0 Å². The molecule has 0 aliphatic rings. The van der Waals surface area contributed by atoms with Crippen LogP contribution in [0, 0.1) is 11.6 Å². The number of rotatable bonds is 4. The molecule has 0 atom stereocenters. The second kappa shape index (κ2) is 9.14. The van der Waals surface area contributed by atoms with Crippen LogP contribution in [0.4, 0.5) is 22.0 Å². The maximum Gasteiger partial charge on any atom is 0.431 e. The Bertz CT molecular complexity index is 1280. The van der Waals surface area contributed by atoms with Gasteiger partial charge in [0.25, 0.3) is 0 Å². The fourth-order valence-electron chi connectivity index (χ4n) is 3.25. The zero-order valence-corrected chi connectivity index (χ0v) is 19.5. The molecule has 0 saturated carbocycles. The Hall–Kier alpha value is -2.93. The van der Waals surface area contributed by atoms with Crippen LogP contribution in [0.2, 0.25) is 0 Å². The Morgan fingerprint density at radius 1 is 0.758 bits per heavy atom. The van der Waals surface area contributed by atoms with Gasteiger partial charge in [-0.25, -0.2) is 8.78 Å². The minimum atomic E-state index is -4.60. The van der Waals surface area contributed by atoms with Gasteiger partial charge < -0.3 is 10.2 Å². The third kappa shape index (κ3) is 5.03. The minimum absolute atomic E-state index is 0. The van der Waals surface area contributed by atoms with Crippen molar-refractivity contribution in [3.05, 3.63) is 89.4 Å². The van der Waals surface area contributed by atoms with Crippen molar-refractivity contribution in [2.75, 3.05) is 0 Å². The average Bonchev–Trinajstić information content (AvgIpc) is 3.25. The van der Waals surface area contributed by atoms with Gasteiger partial charge in [0.15, 0.2) is 0 Å². The quantitative estimate of drug-likeness (QED) is 0.266. The average molecular weight is 638 g/mol. The van der Waals surface area contributed by atoms with Crippen molar-refractivity contribution in [1.29, 1.82) is 0 Å². The summed E-state index contributed by atoms with van der Waals surface area (Å²) in [6, 6.07) is 14.1. The fraction of sp³-hybridized carbons (Fsp3) is 0.174. The molecule has 0 radical (unpaired) electrons. The van der Waals surface area contributed by atoms with Gasteiger partial charge in [0.2, 0.25) is 0 Å². The molecule has 1 aromatic carbocycles. The Morgan fingerprint density at radius 3 is 1.94 bits per heavy atom. The molecule has 0 aliphatic heterocycles. The van der Waals surface area contributed by atoms with Crippen LogP contribution in [-0.4, -0.2) is 15.1 Å². The van der Waals surface area contributed by atoms with Crippen molar-refractivity contribution in [2.45, 2.75) is 25.4 Å². The van der Waals surface area contributed by atoms with E-state index in [0.29, 0.717) is 17.1 Å². The molecule has 0 aliphatic carbocycles. The number of aromatic nitrogens is 4. The van der Waals surface area contributed by atoms with Crippen LogP contribution >= 0.6 is 0 Å². The van der Waals surface area contributed by atoms with Crippen LogP contribution in [0.25, 0.3) is 22.6 Å². The standard InChI is InChI=1S/C23H16F5N4.Pt/c1-22(2,19-7-3-5-16(29-19)14-10-9-13(24)11-15(14)25)20-8-4-6-17(30-20)18-12-21(32-31-18)23(26,27)28;/h3-12H,1-2H3;/q-1;. The molecule has 10 heteroatoms. The molecule has 0 saturated heterocycles. The summed E-state index contributed by atoms with van der Waals surface area (Å²) in [5.74, 6) is -1.42. The first-order chi connectivity index (χ1) is 15.1. The van der Waals surface area contributed by atoms with Crippen molar-refractivity contribution in [1.82, 2.24) is 20.2 Å². The Balaban J connectivity index is 0.00000306. The summed E-state index contributed by atoms with van der Waals surface area (Å²) >= 11 is 0. The van der Waals surface area contributed by atoms with Crippen LogP contribution in [0.5, 0.6) is 0 Å². The number of benzene rings is 1. The molecule has 4 rings (SSSR count). The molecule has 0 fully saturated rings. The van der Waals surface area contributed by atoms with Crippen LogP contribution in [-0.2, 0) is 32.7 Å². The third-order valence-electron chi connectivity index (χ3n) is 5.08. The zero-order valence-electron chi connectivity index (χ0n) is 17.3. The summed E-state index contributed by atoms with van der Waals surface area (Å²) in [5.41, 5.74) is -0.0868. The van der Waals surface area contributed by atoms with Crippen molar-refractivity contribution in [3.63, 3.8) is 0 Å². The van der Waals surface area contributed by atoms with E-state index >= 15 is 0 Å². The molecule has 0 bridgehead atoms. The van der Waals surface area contributed by atoms with Crippen molar-refractivity contribution >= 4 is 0 Å². The fourth-order valence-corrected chi connectivity index (χ4v) is 3.25. The number of hydrogen-bond donors (Lipinski definition) is 0. The number of nitrogens with zero attached hydrogens (tertiary/aromatic N) is 4. The molecule has 0 amide bonds. The molecule has 0 N–H and O–H groups in total. The number of pyridine rings is 2. The molecule has 174 valence electrons. The van der Waals surface area contributed by atoms with Gasteiger partial charge in [-0.3, -0.25) is 9.97 Å².